The maximum absolute atomic E-state index is 9.68. The lowest BCUT2D eigenvalue weighted by Crippen LogP contribution is -2.43. The van der Waals surface area contributed by atoms with Crippen LogP contribution in [0.4, 0.5) is 0 Å². The van der Waals surface area contributed by atoms with E-state index in [-0.39, 0.29) is 24.0 Å². The molecule has 0 bridgehead atoms. The van der Waals surface area contributed by atoms with Crippen molar-refractivity contribution in [2.75, 3.05) is 6.61 Å². The molecule has 0 aromatic heterocycles. The standard InChI is InChI=1S/C20H40O2Si/c1-10-23(11-2,12-3)22-19(18(6)15-21)17(5)13-16(4)14-20(7,8)9/h13-14,18-19,21H,10-12,15H2,1-9H3/b16-14+,17-13+/t18-,19-/m0/s1. The molecule has 0 spiro atoms. The second-order valence-corrected chi connectivity index (χ2v) is 12.8. The molecule has 0 saturated carbocycles. The number of rotatable bonds is 9. The Hall–Kier alpha value is -0.383. The van der Waals surface area contributed by atoms with Gasteiger partial charge < -0.3 is 9.53 Å². The molecular weight excluding hydrogens is 300 g/mol. The van der Waals surface area contributed by atoms with Crippen LogP contribution in [0, 0.1) is 11.3 Å². The predicted octanol–water partition coefficient (Wildman–Crippen LogP) is 5.94. The van der Waals surface area contributed by atoms with Gasteiger partial charge in [-0.2, -0.15) is 0 Å². The first kappa shape index (κ1) is 22.6. The Morgan fingerprint density at radius 1 is 1.09 bits per heavy atom. The van der Waals surface area contributed by atoms with Gasteiger partial charge in [0.05, 0.1) is 6.10 Å². The fraction of sp³-hybridized carbons (Fsp3) is 0.800. The van der Waals surface area contributed by atoms with E-state index < -0.39 is 8.32 Å². The molecule has 136 valence electrons. The average Bonchev–Trinajstić information content (AvgIpc) is 2.46. The highest BCUT2D eigenvalue weighted by Gasteiger charge is 2.34. The highest BCUT2D eigenvalue weighted by molar-refractivity contribution is 6.73. The minimum atomic E-state index is -1.69. The number of hydrogen-bond donors (Lipinski definition) is 1. The summed E-state index contributed by atoms with van der Waals surface area (Å²) in [5.41, 5.74) is 2.68. The van der Waals surface area contributed by atoms with E-state index in [1.165, 1.54) is 11.1 Å². The maximum atomic E-state index is 9.68. The van der Waals surface area contributed by atoms with Gasteiger partial charge in [-0.1, -0.05) is 66.2 Å². The molecule has 2 atom stereocenters. The van der Waals surface area contributed by atoms with E-state index in [1.807, 2.05) is 0 Å². The monoisotopic (exact) mass is 340 g/mol. The molecule has 0 radical (unpaired) electrons. The molecule has 0 saturated heterocycles. The molecule has 0 heterocycles. The molecule has 0 unspecified atom stereocenters. The molecular formula is C20H40O2Si. The zero-order valence-corrected chi connectivity index (χ0v) is 18.0. The summed E-state index contributed by atoms with van der Waals surface area (Å²) < 4.78 is 6.71. The summed E-state index contributed by atoms with van der Waals surface area (Å²) in [5, 5.41) is 9.68. The summed E-state index contributed by atoms with van der Waals surface area (Å²) in [6, 6.07) is 3.41. The van der Waals surface area contributed by atoms with Crippen LogP contribution in [0.15, 0.2) is 23.3 Å². The minimum absolute atomic E-state index is 0.0230. The smallest absolute Gasteiger partial charge is 0.192 e. The summed E-state index contributed by atoms with van der Waals surface area (Å²) in [6.07, 6.45) is 4.55. The van der Waals surface area contributed by atoms with Crippen LogP contribution in [0.5, 0.6) is 0 Å². The van der Waals surface area contributed by atoms with Gasteiger partial charge in [0, 0.05) is 12.5 Å². The number of hydrogen-bond acceptors (Lipinski definition) is 2. The van der Waals surface area contributed by atoms with E-state index in [1.54, 1.807) is 0 Å². The van der Waals surface area contributed by atoms with Gasteiger partial charge in [-0.25, -0.2) is 0 Å². The molecule has 0 aliphatic carbocycles. The lowest BCUT2D eigenvalue weighted by molar-refractivity contribution is 0.112. The third kappa shape index (κ3) is 7.82. The molecule has 0 rings (SSSR count). The van der Waals surface area contributed by atoms with Gasteiger partial charge in [0.15, 0.2) is 8.32 Å². The average molecular weight is 341 g/mol. The lowest BCUT2D eigenvalue weighted by Gasteiger charge is -2.36. The molecule has 3 heteroatoms. The molecule has 2 nitrogen and oxygen atoms in total. The normalized spacial score (nSPS) is 17.3. The second kappa shape index (κ2) is 9.80. The Kier molecular flexibility index (Phi) is 9.64. The van der Waals surface area contributed by atoms with Crippen LogP contribution in [0.2, 0.25) is 18.1 Å². The van der Waals surface area contributed by atoms with E-state index in [0.717, 1.165) is 18.1 Å². The number of allylic oxidation sites excluding steroid dienone is 3. The molecule has 0 amide bonds. The highest BCUT2D eigenvalue weighted by Crippen LogP contribution is 2.29. The number of aliphatic hydroxyl groups is 1. The molecule has 0 aliphatic rings. The first-order chi connectivity index (χ1) is 10.5. The molecule has 0 fully saturated rings. The Bertz CT molecular complexity index is 392. The van der Waals surface area contributed by atoms with Gasteiger partial charge in [0.1, 0.15) is 0 Å². The van der Waals surface area contributed by atoms with Crippen LogP contribution in [0.1, 0.15) is 62.3 Å². The predicted molar refractivity (Wildman–Crippen MR) is 105 cm³/mol. The van der Waals surface area contributed by atoms with E-state index in [4.69, 9.17) is 4.43 Å². The van der Waals surface area contributed by atoms with Gasteiger partial charge in [-0.05, 0) is 43.0 Å². The Labute approximate surface area is 146 Å². The largest absolute Gasteiger partial charge is 0.410 e. The summed E-state index contributed by atoms with van der Waals surface area (Å²) in [6.45, 7) is 20.0. The van der Waals surface area contributed by atoms with Crippen molar-refractivity contribution in [1.29, 1.82) is 0 Å². The van der Waals surface area contributed by atoms with Gasteiger partial charge >= 0.3 is 0 Å². The van der Waals surface area contributed by atoms with Crippen LogP contribution in [-0.4, -0.2) is 26.1 Å². The van der Waals surface area contributed by atoms with Crippen LogP contribution < -0.4 is 0 Å². The quantitative estimate of drug-likeness (QED) is 0.415. The van der Waals surface area contributed by atoms with Crippen molar-refractivity contribution < 1.29 is 9.53 Å². The molecule has 0 aliphatic heterocycles. The zero-order valence-electron chi connectivity index (χ0n) is 17.0. The molecule has 0 aromatic rings. The maximum Gasteiger partial charge on any atom is 0.192 e. The topological polar surface area (TPSA) is 29.5 Å². The first-order valence-electron chi connectivity index (χ1n) is 9.20. The van der Waals surface area contributed by atoms with Crippen molar-refractivity contribution in [2.24, 2.45) is 11.3 Å². The van der Waals surface area contributed by atoms with Crippen LogP contribution >= 0.6 is 0 Å². The van der Waals surface area contributed by atoms with Crippen LogP contribution in [0.3, 0.4) is 0 Å². The molecule has 1 N–H and O–H groups in total. The SMILES string of the molecule is CC[Si](CC)(CC)O[C@@H](/C(C)=C/C(C)=C/C(C)(C)C)[C@@H](C)CO. The van der Waals surface area contributed by atoms with Crippen molar-refractivity contribution >= 4 is 8.32 Å². The fourth-order valence-corrected chi connectivity index (χ4v) is 6.15. The number of aliphatic hydroxyl groups excluding tert-OH is 1. The van der Waals surface area contributed by atoms with Crippen molar-refractivity contribution in [3.05, 3.63) is 23.3 Å². The zero-order chi connectivity index (χ0) is 18.3. The summed E-state index contributed by atoms with van der Waals surface area (Å²) in [7, 11) is -1.69. The van der Waals surface area contributed by atoms with Gasteiger partial charge in [0.25, 0.3) is 0 Å². The summed E-state index contributed by atoms with van der Waals surface area (Å²) in [5.74, 6) is 0.130. The first-order valence-corrected chi connectivity index (χ1v) is 11.7. The third-order valence-corrected chi connectivity index (χ3v) is 9.30. The minimum Gasteiger partial charge on any atom is -0.410 e. The van der Waals surface area contributed by atoms with E-state index in [9.17, 15) is 5.11 Å². The van der Waals surface area contributed by atoms with Crippen LogP contribution in [0.25, 0.3) is 0 Å². The van der Waals surface area contributed by atoms with E-state index >= 15 is 0 Å². The van der Waals surface area contributed by atoms with Crippen molar-refractivity contribution in [1.82, 2.24) is 0 Å². The van der Waals surface area contributed by atoms with E-state index in [2.05, 4.69) is 74.5 Å². The van der Waals surface area contributed by atoms with Gasteiger partial charge in [0.2, 0.25) is 0 Å². The van der Waals surface area contributed by atoms with Crippen molar-refractivity contribution in [3.63, 3.8) is 0 Å². The Morgan fingerprint density at radius 3 is 1.91 bits per heavy atom. The summed E-state index contributed by atoms with van der Waals surface area (Å²) >= 11 is 0. The highest BCUT2D eigenvalue weighted by atomic mass is 28.4. The third-order valence-electron chi connectivity index (χ3n) is 4.68. The van der Waals surface area contributed by atoms with Crippen molar-refractivity contribution in [2.45, 2.75) is 86.5 Å². The van der Waals surface area contributed by atoms with E-state index in [0.29, 0.717) is 0 Å². The Morgan fingerprint density at radius 2 is 1.57 bits per heavy atom. The molecule has 0 aromatic carbocycles. The second-order valence-electron chi connectivity index (χ2n) is 8.08. The van der Waals surface area contributed by atoms with Crippen molar-refractivity contribution in [3.8, 4) is 0 Å². The van der Waals surface area contributed by atoms with Gasteiger partial charge in [-0.3, -0.25) is 0 Å². The van der Waals surface area contributed by atoms with Gasteiger partial charge in [-0.15, -0.1) is 0 Å². The summed E-state index contributed by atoms with van der Waals surface area (Å²) in [4.78, 5) is 0. The molecule has 23 heavy (non-hydrogen) atoms. The van der Waals surface area contributed by atoms with Crippen LogP contribution in [-0.2, 0) is 4.43 Å². The Balaban J connectivity index is 5.52. The lowest BCUT2D eigenvalue weighted by atomic mass is 9.92. The fourth-order valence-electron chi connectivity index (χ4n) is 3.19.